The second-order valence-electron chi connectivity index (χ2n) is 12.6. The fraction of sp³-hybridized carbons (Fsp3) is 0.0625. The van der Waals surface area contributed by atoms with Crippen molar-refractivity contribution in [1.82, 2.24) is 28.7 Å². The number of para-hydroxylation sites is 3. The monoisotopic (exact) mass is 892 g/mol. The van der Waals surface area contributed by atoms with E-state index in [-0.39, 0.29) is 20.1 Å². The predicted molar refractivity (Wildman–Crippen MR) is 218 cm³/mol. The first-order valence-corrected chi connectivity index (χ1v) is 17.8. The van der Waals surface area contributed by atoms with Gasteiger partial charge in [0.2, 0.25) is 0 Å². The van der Waals surface area contributed by atoms with Crippen LogP contribution in [0.2, 0.25) is 0 Å². The van der Waals surface area contributed by atoms with Crippen molar-refractivity contribution in [1.29, 1.82) is 0 Å². The SMILES string of the molecule is Cc1ccccc1-n1ccnc1-c1[c-]cccc1.Cc1ccccc1-n1ccnc1-c1[c-]cccc1.Cc1ccccc1-n1ccnc1-c1[c-]cccc1.[Ir+3]. The summed E-state index contributed by atoms with van der Waals surface area (Å²) >= 11 is 0. The molecule has 0 aliphatic carbocycles. The van der Waals surface area contributed by atoms with Crippen molar-refractivity contribution in [2.75, 3.05) is 0 Å². The van der Waals surface area contributed by atoms with E-state index in [4.69, 9.17) is 0 Å². The van der Waals surface area contributed by atoms with Crippen molar-refractivity contribution < 1.29 is 20.1 Å². The Bertz CT molecular complexity index is 2250. The minimum absolute atomic E-state index is 0. The van der Waals surface area contributed by atoms with Gasteiger partial charge in [-0.25, -0.2) is 0 Å². The van der Waals surface area contributed by atoms with Gasteiger partial charge in [-0.1, -0.05) is 54.6 Å². The summed E-state index contributed by atoms with van der Waals surface area (Å²) in [6.45, 7) is 6.31. The van der Waals surface area contributed by atoms with E-state index in [1.807, 2.05) is 146 Å². The molecule has 0 aliphatic heterocycles. The van der Waals surface area contributed by atoms with Crippen molar-refractivity contribution in [3.05, 3.63) is 218 Å². The summed E-state index contributed by atoms with van der Waals surface area (Å²) in [6.07, 6.45) is 11.4. The number of rotatable bonds is 6. The summed E-state index contributed by atoms with van der Waals surface area (Å²) in [5.41, 5.74) is 10.2. The second-order valence-corrected chi connectivity index (χ2v) is 12.6. The van der Waals surface area contributed by atoms with E-state index in [1.54, 1.807) is 0 Å². The summed E-state index contributed by atoms with van der Waals surface area (Å²) in [5, 5.41) is 0. The van der Waals surface area contributed by atoms with Gasteiger partial charge in [0.05, 0.1) is 17.5 Å². The first-order chi connectivity index (χ1) is 26.6. The molecule has 0 atom stereocenters. The topological polar surface area (TPSA) is 53.5 Å². The van der Waals surface area contributed by atoms with Crippen LogP contribution in [-0.4, -0.2) is 28.7 Å². The molecule has 7 heteroatoms. The summed E-state index contributed by atoms with van der Waals surface area (Å²) < 4.78 is 6.30. The van der Waals surface area contributed by atoms with Gasteiger partial charge in [0.15, 0.2) is 0 Å². The number of nitrogens with zero attached hydrogens (tertiary/aromatic N) is 6. The van der Waals surface area contributed by atoms with Crippen LogP contribution in [0, 0.1) is 39.0 Å². The van der Waals surface area contributed by atoms with Crippen LogP contribution in [0.15, 0.2) is 183 Å². The van der Waals surface area contributed by atoms with Crippen molar-refractivity contribution in [3.63, 3.8) is 0 Å². The molecule has 55 heavy (non-hydrogen) atoms. The van der Waals surface area contributed by atoms with Gasteiger partial charge in [-0.15, -0.1) is 108 Å². The Morgan fingerprint density at radius 3 is 0.891 bits per heavy atom. The molecule has 0 aliphatic rings. The Labute approximate surface area is 336 Å². The molecule has 6 aromatic carbocycles. The van der Waals surface area contributed by atoms with Crippen LogP contribution in [0.3, 0.4) is 0 Å². The van der Waals surface area contributed by atoms with Crippen molar-refractivity contribution in [3.8, 4) is 51.2 Å². The summed E-state index contributed by atoms with van der Waals surface area (Å²) in [7, 11) is 0. The number of hydrogen-bond donors (Lipinski definition) is 0. The van der Waals surface area contributed by atoms with Crippen molar-refractivity contribution >= 4 is 0 Å². The van der Waals surface area contributed by atoms with E-state index < -0.39 is 0 Å². The van der Waals surface area contributed by atoms with Crippen LogP contribution in [0.25, 0.3) is 51.2 Å². The van der Waals surface area contributed by atoms with E-state index in [0.29, 0.717) is 0 Å². The van der Waals surface area contributed by atoms with Crippen LogP contribution in [0.5, 0.6) is 0 Å². The molecule has 0 spiro atoms. The van der Waals surface area contributed by atoms with Crippen LogP contribution in [0.4, 0.5) is 0 Å². The zero-order valence-electron chi connectivity index (χ0n) is 30.8. The molecule has 3 aromatic heterocycles. The average molecular weight is 892 g/mol. The van der Waals surface area contributed by atoms with Gasteiger partial charge in [0.1, 0.15) is 0 Å². The van der Waals surface area contributed by atoms with E-state index in [0.717, 1.165) is 51.2 Å². The van der Waals surface area contributed by atoms with Gasteiger partial charge in [0.25, 0.3) is 0 Å². The fourth-order valence-corrected chi connectivity index (χ4v) is 6.19. The molecule has 6 nitrogen and oxygen atoms in total. The Morgan fingerprint density at radius 2 is 0.636 bits per heavy atom. The maximum absolute atomic E-state index is 4.44. The third kappa shape index (κ3) is 9.05. The van der Waals surface area contributed by atoms with E-state index in [2.05, 4.69) is 104 Å². The van der Waals surface area contributed by atoms with Crippen molar-refractivity contribution in [2.24, 2.45) is 0 Å². The van der Waals surface area contributed by atoms with Gasteiger partial charge in [-0.2, -0.15) is 0 Å². The van der Waals surface area contributed by atoms with Gasteiger partial charge >= 0.3 is 20.1 Å². The largest absolute Gasteiger partial charge is 3.00 e. The van der Waals surface area contributed by atoms with E-state index in [9.17, 15) is 0 Å². The van der Waals surface area contributed by atoms with Crippen LogP contribution >= 0.6 is 0 Å². The first-order valence-electron chi connectivity index (χ1n) is 17.8. The third-order valence-electron chi connectivity index (χ3n) is 8.90. The molecule has 0 amide bonds. The molecular formula is C48H39IrN6. The van der Waals surface area contributed by atoms with Crippen molar-refractivity contribution in [2.45, 2.75) is 20.8 Å². The molecule has 0 saturated heterocycles. The normalized spacial score (nSPS) is 10.3. The van der Waals surface area contributed by atoms with Gasteiger partial charge < -0.3 is 13.7 Å². The number of benzene rings is 6. The molecule has 0 radical (unpaired) electrons. The summed E-state index contributed by atoms with van der Waals surface area (Å²) in [4.78, 5) is 13.3. The van der Waals surface area contributed by atoms with Crippen LogP contribution in [-0.2, 0) is 20.1 Å². The third-order valence-corrected chi connectivity index (χ3v) is 8.90. The Kier molecular flexibility index (Phi) is 12.9. The van der Waals surface area contributed by atoms with Crippen LogP contribution < -0.4 is 0 Å². The first kappa shape index (κ1) is 38.3. The zero-order chi connectivity index (χ0) is 37.1. The van der Waals surface area contributed by atoms with Crippen LogP contribution in [0.1, 0.15) is 16.7 Å². The maximum atomic E-state index is 4.44. The standard InChI is InChI=1S/3C16H13N2.Ir/c3*1-13-7-5-6-10-15(13)18-12-11-17-16(18)14-8-3-2-4-9-14;/h3*2-8,10-12H,1H3;/q3*-1;+3. The maximum Gasteiger partial charge on any atom is 3.00 e. The number of aromatic nitrogens is 6. The summed E-state index contributed by atoms with van der Waals surface area (Å²) in [6, 6.07) is 58.2. The van der Waals surface area contributed by atoms with E-state index in [1.165, 1.54) is 16.7 Å². The Hall–Kier alpha value is -6.40. The molecule has 0 saturated carbocycles. The average Bonchev–Trinajstić information content (AvgIpc) is 4.02. The predicted octanol–water partition coefficient (Wildman–Crippen LogP) is 10.9. The van der Waals surface area contributed by atoms with Gasteiger partial charge in [0, 0.05) is 54.2 Å². The van der Waals surface area contributed by atoms with E-state index >= 15 is 0 Å². The zero-order valence-corrected chi connectivity index (χ0v) is 33.2. The molecule has 9 aromatic rings. The number of aryl methyl sites for hydroxylation is 3. The smallest absolute Gasteiger partial charge is 0.340 e. The minimum Gasteiger partial charge on any atom is -0.340 e. The quantitative estimate of drug-likeness (QED) is 0.156. The minimum atomic E-state index is 0. The fourth-order valence-electron chi connectivity index (χ4n) is 6.19. The second kappa shape index (κ2) is 18.6. The molecule has 0 N–H and O–H groups in total. The molecule has 9 rings (SSSR count). The number of imidazole rings is 3. The molecule has 3 heterocycles. The van der Waals surface area contributed by atoms with Gasteiger partial charge in [-0.3, -0.25) is 15.0 Å². The Balaban J connectivity index is 0.000000139. The molecular weight excluding hydrogens is 853 g/mol. The Morgan fingerprint density at radius 1 is 0.364 bits per heavy atom. The number of hydrogen-bond acceptors (Lipinski definition) is 3. The molecule has 0 unspecified atom stereocenters. The molecule has 0 fully saturated rings. The molecule has 270 valence electrons. The summed E-state index contributed by atoms with van der Waals surface area (Å²) in [5.74, 6) is 2.76. The molecule has 0 bridgehead atoms. The van der Waals surface area contributed by atoms with Gasteiger partial charge in [-0.05, 0) is 55.7 Å².